The number of nitrogens with zero attached hydrogens (tertiary/aromatic N) is 1. The molecule has 3 aromatic carbocycles. The van der Waals surface area contributed by atoms with Gasteiger partial charge in [-0.05, 0) is 95.2 Å². The van der Waals surface area contributed by atoms with E-state index in [2.05, 4.69) is 27.9 Å². The molecule has 0 atom stereocenters. The molecule has 0 bridgehead atoms. The minimum Gasteiger partial charge on any atom is -0.492 e. The number of rotatable bonds is 8. The summed E-state index contributed by atoms with van der Waals surface area (Å²) < 4.78 is 17.5. The smallest absolute Gasteiger partial charge is 0.335 e. The Morgan fingerprint density at radius 3 is 2.35 bits per heavy atom. The number of carbonyl (C=O) groups excluding carboxylic acids is 3. The summed E-state index contributed by atoms with van der Waals surface area (Å²) in [5, 5.41) is 2.87. The van der Waals surface area contributed by atoms with Crippen LogP contribution in [0.4, 0.5) is 10.5 Å². The lowest BCUT2D eigenvalue weighted by atomic mass is 10.1. The lowest BCUT2D eigenvalue weighted by Gasteiger charge is -2.26. The number of anilines is 1. The third kappa shape index (κ3) is 6.05. The van der Waals surface area contributed by atoms with Gasteiger partial charge in [0.05, 0.1) is 23.0 Å². The number of halogens is 2. The maximum Gasteiger partial charge on any atom is 0.335 e. The molecule has 190 valence electrons. The maximum atomic E-state index is 13.3. The van der Waals surface area contributed by atoms with Crippen LogP contribution >= 0.6 is 34.2 Å². The second-order valence-corrected chi connectivity index (χ2v) is 9.43. The van der Waals surface area contributed by atoms with Gasteiger partial charge in [0.25, 0.3) is 11.8 Å². The summed E-state index contributed by atoms with van der Waals surface area (Å²) in [6.45, 7) is 2.58. The van der Waals surface area contributed by atoms with Crippen molar-refractivity contribution in [1.29, 1.82) is 0 Å². The topological polar surface area (TPSA) is 94.2 Å². The number of hydrogen-bond donors (Lipinski definition) is 1. The molecule has 1 aliphatic rings. The summed E-state index contributed by atoms with van der Waals surface area (Å²) >= 11 is 7.99. The Labute approximate surface area is 232 Å². The summed E-state index contributed by atoms with van der Waals surface area (Å²) in [5.74, 6) is 0.0609. The summed E-state index contributed by atoms with van der Waals surface area (Å²) in [6, 6.07) is 16.3. The summed E-state index contributed by atoms with van der Waals surface area (Å²) in [6.07, 6.45) is 1.42. The number of methoxy groups -OCH3 is 1. The van der Waals surface area contributed by atoms with E-state index in [0.717, 1.165) is 14.0 Å². The monoisotopic (exact) mass is 632 g/mol. The van der Waals surface area contributed by atoms with Gasteiger partial charge in [0, 0.05) is 5.02 Å². The van der Waals surface area contributed by atoms with Crippen molar-refractivity contribution in [1.82, 2.24) is 5.32 Å². The standard InChI is InChI=1S/C27H22ClIN2O6/c1-3-36-23-14-17(13-22(29)24(23)35-2)12-21-25(32)30-27(34)31(26(21)33)19-8-10-20(11-9-19)37-15-16-4-6-18(28)7-5-16/h4-14H,3,15H2,1-2H3,(H,30,32,34)/b21-12+. The third-order valence-electron chi connectivity index (χ3n) is 5.36. The fourth-order valence-corrected chi connectivity index (χ4v) is 4.60. The molecule has 1 aliphatic heterocycles. The molecule has 10 heteroatoms. The van der Waals surface area contributed by atoms with Crippen LogP contribution in [0.2, 0.25) is 5.02 Å². The predicted molar refractivity (Wildman–Crippen MR) is 148 cm³/mol. The highest BCUT2D eigenvalue weighted by Crippen LogP contribution is 2.35. The first-order chi connectivity index (χ1) is 17.8. The largest absolute Gasteiger partial charge is 0.492 e. The number of urea groups is 1. The van der Waals surface area contributed by atoms with E-state index in [1.165, 1.54) is 13.2 Å². The molecular formula is C27H22ClIN2O6. The number of barbiturate groups is 1. The Morgan fingerprint density at radius 2 is 1.70 bits per heavy atom. The molecule has 1 fully saturated rings. The fraction of sp³-hybridized carbons (Fsp3) is 0.148. The molecule has 0 radical (unpaired) electrons. The molecule has 1 saturated heterocycles. The van der Waals surface area contributed by atoms with Crippen LogP contribution in [0.15, 0.2) is 66.2 Å². The minimum absolute atomic E-state index is 0.189. The van der Waals surface area contributed by atoms with Crippen molar-refractivity contribution in [2.75, 3.05) is 18.6 Å². The van der Waals surface area contributed by atoms with Gasteiger partial charge >= 0.3 is 6.03 Å². The van der Waals surface area contributed by atoms with Gasteiger partial charge in [-0.25, -0.2) is 9.69 Å². The first kappa shape index (κ1) is 26.5. The van der Waals surface area contributed by atoms with Gasteiger partial charge in [-0.3, -0.25) is 14.9 Å². The van der Waals surface area contributed by atoms with Gasteiger partial charge in [-0.15, -0.1) is 0 Å². The first-order valence-corrected chi connectivity index (χ1v) is 12.7. The van der Waals surface area contributed by atoms with E-state index >= 15 is 0 Å². The molecule has 1 N–H and O–H groups in total. The number of benzene rings is 3. The molecule has 0 saturated carbocycles. The van der Waals surface area contributed by atoms with E-state index in [9.17, 15) is 14.4 Å². The van der Waals surface area contributed by atoms with E-state index in [4.69, 9.17) is 25.8 Å². The Hall–Kier alpha value is -3.57. The Morgan fingerprint density at radius 1 is 1.00 bits per heavy atom. The highest BCUT2D eigenvalue weighted by molar-refractivity contribution is 14.1. The normalized spacial score (nSPS) is 14.5. The van der Waals surface area contributed by atoms with E-state index in [1.807, 2.05) is 19.1 Å². The average Bonchev–Trinajstić information content (AvgIpc) is 2.87. The van der Waals surface area contributed by atoms with Crippen molar-refractivity contribution in [3.63, 3.8) is 0 Å². The highest BCUT2D eigenvalue weighted by atomic mass is 127. The molecule has 1 heterocycles. The zero-order valence-electron chi connectivity index (χ0n) is 19.9. The quantitative estimate of drug-likeness (QED) is 0.198. The summed E-state index contributed by atoms with van der Waals surface area (Å²) in [7, 11) is 1.54. The second-order valence-electron chi connectivity index (χ2n) is 7.83. The Kier molecular flexibility index (Phi) is 8.34. The van der Waals surface area contributed by atoms with Crippen molar-refractivity contribution in [2.24, 2.45) is 0 Å². The van der Waals surface area contributed by atoms with Crippen molar-refractivity contribution >= 4 is 63.8 Å². The number of ether oxygens (including phenoxy) is 3. The van der Waals surface area contributed by atoms with E-state index < -0.39 is 17.8 Å². The van der Waals surface area contributed by atoms with Crippen molar-refractivity contribution in [3.05, 3.63) is 86.0 Å². The third-order valence-corrected chi connectivity index (χ3v) is 6.42. The molecule has 0 aliphatic carbocycles. The summed E-state index contributed by atoms with van der Waals surface area (Å²) in [4.78, 5) is 39.3. The second kappa shape index (κ2) is 11.7. The number of carbonyl (C=O) groups is 3. The molecular weight excluding hydrogens is 611 g/mol. The average molecular weight is 633 g/mol. The van der Waals surface area contributed by atoms with Crippen LogP contribution in [0.1, 0.15) is 18.1 Å². The Balaban J connectivity index is 1.56. The fourth-order valence-electron chi connectivity index (χ4n) is 3.63. The Bertz CT molecular complexity index is 1370. The van der Waals surface area contributed by atoms with Crippen LogP contribution in [0.25, 0.3) is 6.08 Å². The molecule has 0 aromatic heterocycles. The van der Waals surface area contributed by atoms with Crippen LogP contribution in [0, 0.1) is 3.57 Å². The maximum absolute atomic E-state index is 13.3. The number of imide groups is 2. The molecule has 3 aromatic rings. The first-order valence-electron chi connectivity index (χ1n) is 11.2. The lowest BCUT2D eigenvalue weighted by Crippen LogP contribution is -2.54. The highest BCUT2D eigenvalue weighted by Gasteiger charge is 2.37. The van der Waals surface area contributed by atoms with E-state index in [1.54, 1.807) is 48.5 Å². The zero-order valence-corrected chi connectivity index (χ0v) is 22.8. The molecule has 0 unspecified atom stereocenters. The van der Waals surface area contributed by atoms with Crippen molar-refractivity contribution in [2.45, 2.75) is 13.5 Å². The van der Waals surface area contributed by atoms with Gasteiger partial charge < -0.3 is 14.2 Å². The van der Waals surface area contributed by atoms with Gasteiger partial charge in [-0.2, -0.15) is 0 Å². The molecule has 0 spiro atoms. The van der Waals surface area contributed by atoms with Crippen LogP contribution in [-0.4, -0.2) is 31.6 Å². The van der Waals surface area contributed by atoms with Gasteiger partial charge in [-0.1, -0.05) is 23.7 Å². The minimum atomic E-state index is -0.832. The van der Waals surface area contributed by atoms with Crippen LogP contribution in [0.5, 0.6) is 17.2 Å². The van der Waals surface area contributed by atoms with Gasteiger partial charge in [0.2, 0.25) is 0 Å². The zero-order chi connectivity index (χ0) is 26.5. The number of hydrogen-bond acceptors (Lipinski definition) is 6. The van der Waals surface area contributed by atoms with Crippen LogP contribution in [-0.2, 0) is 16.2 Å². The molecule has 37 heavy (non-hydrogen) atoms. The molecule has 4 amide bonds. The number of nitrogens with one attached hydrogen (secondary N) is 1. The summed E-state index contributed by atoms with van der Waals surface area (Å²) in [5.41, 5.74) is 1.59. The van der Waals surface area contributed by atoms with Gasteiger partial charge in [0.1, 0.15) is 17.9 Å². The van der Waals surface area contributed by atoms with Crippen LogP contribution < -0.4 is 24.4 Å². The van der Waals surface area contributed by atoms with Crippen molar-refractivity contribution in [3.8, 4) is 17.2 Å². The van der Waals surface area contributed by atoms with Crippen LogP contribution in [0.3, 0.4) is 0 Å². The number of amides is 4. The van der Waals surface area contributed by atoms with Crippen molar-refractivity contribution < 1.29 is 28.6 Å². The predicted octanol–water partition coefficient (Wildman–Crippen LogP) is 5.60. The van der Waals surface area contributed by atoms with Gasteiger partial charge in [0.15, 0.2) is 11.5 Å². The molecule has 4 rings (SSSR count). The SMILES string of the molecule is CCOc1cc(/C=C2\C(=O)NC(=O)N(c3ccc(OCc4ccc(Cl)cc4)cc3)C2=O)cc(I)c1OC. The van der Waals surface area contributed by atoms with E-state index in [0.29, 0.717) is 46.7 Å². The van der Waals surface area contributed by atoms with E-state index in [-0.39, 0.29) is 5.57 Å². The molecule has 8 nitrogen and oxygen atoms in total. The lowest BCUT2D eigenvalue weighted by molar-refractivity contribution is -0.122.